The summed E-state index contributed by atoms with van der Waals surface area (Å²) in [6.45, 7) is 4.96. The molecule has 0 fully saturated rings. The fourth-order valence-corrected chi connectivity index (χ4v) is 1.93. The Balaban J connectivity index is 2.10. The van der Waals surface area contributed by atoms with Gasteiger partial charge in [-0.2, -0.15) is 0 Å². The Hall–Kier alpha value is -2.03. The Morgan fingerprint density at radius 1 is 1.39 bits per heavy atom. The summed E-state index contributed by atoms with van der Waals surface area (Å²) in [5, 5.41) is 1.22. The van der Waals surface area contributed by atoms with Crippen LogP contribution in [0.1, 0.15) is 12.5 Å². The molecule has 0 unspecified atom stereocenters. The van der Waals surface area contributed by atoms with E-state index in [9.17, 15) is 4.79 Å². The zero-order valence-electron chi connectivity index (χ0n) is 10.7. The number of nitrogens with zero attached hydrogens (tertiary/aromatic N) is 1. The number of aryl methyl sites for hydroxylation is 1. The highest BCUT2D eigenvalue weighted by Crippen LogP contribution is 2.17. The van der Waals surface area contributed by atoms with Crippen LogP contribution < -0.4 is 0 Å². The van der Waals surface area contributed by atoms with Crippen LogP contribution in [0.15, 0.2) is 42.6 Å². The normalized spacial score (nSPS) is 11.2. The molecule has 94 valence electrons. The summed E-state index contributed by atoms with van der Waals surface area (Å²) >= 11 is 0. The van der Waals surface area contributed by atoms with Gasteiger partial charge in [0.1, 0.15) is 0 Å². The number of hydrogen-bond donors (Lipinski definition) is 0. The van der Waals surface area contributed by atoms with Gasteiger partial charge in [0.15, 0.2) is 0 Å². The predicted octanol–water partition coefficient (Wildman–Crippen LogP) is 3.07. The molecule has 0 amide bonds. The molecule has 2 rings (SSSR count). The second kappa shape index (κ2) is 5.54. The number of aromatic nitrogens is 1. The van der Waals surface area contributed by atoms with Crippen LogP contribution in [0.3, 0.4) is 0 Å². The second-order valence-electron chi connectivity index (χ2n) is 4.18. The van der Waals surface area contributed by atoms with E-state index in [0.717, 1.165) is 0 Å². The molecule has 3 nitrogen and oxygen atoms in total. The maximum absolute atomic E-state index is 11.2. The molecule has 18 heavy (non-hydrogen) atoms. The molecule has 0 N–H and O–H groups in total. The highest BCUT2D eigenvalue weighted by atomic mass is 16.5. The first-order valence-electron chi connectivity index (χ1n) is 6.09. The first kappa shape index (κ1) is 12.4. The number of benzene rings is 1. The monoisotopic (exact) mass is 243 g/mol. The van der Waals surface area contributed by atoms with Crippen LogP contribution in [0.4, 0.5) is 0 Å². The minimum atomic E-state index is -0.287. The molecular weight excluding hydrogens is 226 g/mol. The van der Waals surface area contributed by atoms with Crippen LogP contribution in [0.2, 0.25) is 0 Å². The standard InChI is InChI=1S/C15H17NO2/c1-3-18-15(17)5-4-9-16-10-8-13-11-12(2)6-7-14(13)16/h4-8,10-11H,3,9H2,1-2H3/b5-4+. The number of allylic oxidation sites excluding steroid dienone is 1. The van der Waals surface area contributed by atoms with Gasteiger partial charge < -0.3 is 9.30 Å². The molecule has 0 saturated heterocycles. The van der Waals surface area contributed by atoms with E-state index in [-0.39, 0.29) is 5.97 Å². The molecule has 0 radical (unpaired) electrons. The van der Waals surface area contributed by atoms with E-state index < -0.39 is 0 Å². The maximum atomic E-state index is 11.2. The third-order valence-corrected chi connectivity index (χ3v) is 2.77. The summed E-state index contributed by atoms with van der Waals surface area (Å²) in [6.07, 6.45) is 5.32. The van der Waals surface area contributed by atoms with Crippen LogP contribution in [0.25, 0.3) is 10.9 Å². The molecule has 0 aliphatic carbocycles. The van der Waals surface area contributed by atoms with Gasteiger partial charge in [-0.25, -0.2) is 4.79 Å². The zero-order valence-corrected chi connectivity index (χ0v) is 10.7. The topological polar surface area (TPSA) is 31.2 Å². The van der Waals surface area contributed by atoms with Crippen LogP contribution in [-0.2, 0) is 16.1 Å². The van der Waals surface area contributed by atoms with Crippen molar-refractivity contribution in [1.29, 1.82) is 0 Å². The van der Waals surface area contributed by atoms with Crippen molar-refractivity contribution >= 4 is 16.9 Å². The highest BCUT2D eigenvalue weighted by molar-refractivity contribution is 5.82. The van der Waals surface area contributed by atoms with Crippen LogP contribution >= 0.6 is 0 Å². The van der Waals surface area contributed by atoms with Crippen molar-refractivity contribution in [3.63, 3.8) is 0 Å². The van der Waals surface area contributed by atoms with Crippen molar-refractivity contribution in [3.05, 3.63) is 48.2 Å². The van der Waals surface area contributed by atoms with Crippen molar-refractivity contribution in [2.45, 2.75) is 20.4 Å². The average molecular weight is 243 g/mol. The lowest BCUT2D eigenvalue weighted by Gasteiger charge is -2.01. The van der Waals surface area contributed by atoms with Crippen LogP contribution in [-0.4, -0.2) is 17.1 Å². The molecule has 1 heterocycles. The minimum Gasteiger partial charge on any atom is -0.463 e. The molecule has 1 aromatic carbocycles. The van der Waals surface area contributed by atoms with Gasteiger partial charge in [0, 0.05) is 24.3 Å². The van der Waals surface area contributed by atoms with Crippen LogP contribution in [0.5, 0.6) is 0 Å². The number of ether oxygens (including phenoxy) is 1. The largest absolute Gasteiger partial charge is 0.463 e. The Morgan fingerprint density at radius 3 is 3.00 bits per heavy atom. The molecule has 0 aliphatic heterocycles. The summed E-state index contributed by atoms with van der Waals surface area (Å²) in [4.78, 5) is 11.2. The smallest absolute Gasteiger partial charge is 0.330 e. The van der Waals surface area contributed by atoms with E-state index in [1.807, 2.05) is 12.3 Å². The quantitative estimate of drug-likeness (QED) is 0.610. The lowest BCUT2D eigenvalue weighted by Crippen LogP contribution is -2.00. The van der Waals surface area contributed by atoms with Crippen LogP contribution in [0, 0.1) is 6.92 Å². The van der Waals surface area contributed by atoms with E-state index >= 15 is 0 Å². The molecule has 0 bridgehead atoms. The molecular formula is C15H17NO2. The SMILES string of the molecule is CCOC(=O)/C=C/Cn1ccc2cc(C)ccc21. The van der Waals surface area contributed by atoms with Gasteiger partial charge in [0.05, 0.1) is 6.61 Å². The number of carbonyl (C=O) groups excluding carboxylic acids is 1. The molecule has 0 atom stereocenters. The Labute approximate surface area is 107 Å². The number of esters is 1. The van der Waals surface area contributed by atoms with Gasteiger partial charge in [-0.3, -0.25) is 0 Å². The van der Waals surface area contributed by atoms with Gasteiger partial charge in [-0.05, 0) is 37.4 Å². The fourth-order valence-electron chi connectivity index (χ4n) is 1.93. The molecule has 0 spiro atoms. The zero-order chi connectivity index (χ0) is 13.0. The van der Waals surface area contributed by atoms with Crippen molar-refractivity contribution in [2.75, 3.05) is 6.61 Å². The van der Waals surface area contributed by atoms with E-state index in [1.165, 1.54) is 22.5 Å². The van der Waals surface area contributed by atoms with Gasteiger partial charge in [0.25, 0.3) is 0 Å². The summed E-state index contributed by atoms with van der Waals surface area (Å²) in [7, 11) is 0. The van der Waals surface area contributed by atoms with Gasteiger partial charge in [-0.15, -0.1) is 0 Å². The lowest BCUT2D eigenvalue weighted by atomic mass is 10.2. The van der Waals surface area contributed by atoms with Crippen molar-refractivity contribution < 1.29 is 9.53 Å². The third-order valence-electron chi connectivity index (χ3n) is 2.77. The molecule has 0 saturated carbocycles. The Kier molecular flexibility index (Phi) is 3.82. The molecule has 2 aromatic rings. The molecule has 3 heteroatoms. The van der Waals surface area contributed by atoms with E-state index in [4.69, 9.17) is 4.74 Å². The first-order valence-corrected chi connectivity index (χ1v) is 6.09. The van der Waals surface area contributed by atoms with Gasteiger partial charge in [-0.1, -0.05) is 17.7 Å². The second-order valence-corrected chi connectivity index (χ2v) is 4.18. The number of carbonyl (C=O) groups is 1. The summed E-state index contributed by atoms with van der Waals surface area (Å²) in [5.41, 5.74) is 2.43. The molecule has 1 aromatic heterocycles. The summed E-state index contributed by atoms with van der Waals surface area (Å²) in [6, 6.07) is 8.43. The third kappa shape index (κ3) is 2.80. The average Bonchev–Trinajstić information content (AvgIpc) is 2.72. The van der Waals surface area contributed by atoms with Gasteiger partial charge >= 0.3 is 5.97 Å². The van der Waals surface area contributed by atoms with Crippen molar-refractivity contribution in [3.8, 4) is 0 Å². The molecule has 0 aliphatic rings. The van der Waals surface area contributed by atoms with E-state index in [1.54, 1.807) is 6.92 Å². The van der Waals surface area contributed by atoms with E-state index in [0.29, 0.717) is 13.2 Å². The predicted molar refractivity (Wildman–Crippen MR) is 72.4 cm³/mol. The van der Waals surface area contributed by atoms with Gasteiger partial charge in [0.2, 0.25) is 0 Å². The fraction of sp³-hybridized carbons (Fsp3) is 0.267. The maximum Gasteiger partial charge on any atom is 0.330 e. The summed E-state index contributed by atoms with van der Waals surface area (Å²) < 4.78 is 6.93. The minimum absolute atomic E-state index is 0.287. The highest BCUT2D eigenvalue weighted by Gasteiger charge is 1.99. The van der Waals surface area contributed by atoms with Crippen molar-refractivity contribution in [2.24, 2.45) is 0 Å². The number of rotatable bonds is 4. The Morgan fingerprint density at radius 2 is 2.22 bits per heavy atom. The van der Waals surface area contributed by atoms with Crippen molar-refractivity contribution in [1.82, 2.24) is 4.57 Å². The lowest BCUT2D eigenvalue weighted by molar-refractivity contribution is -0.137. The van der Waals surface area contributed by atoms with E-state index in [2.05, 4.69) is 35.8 Å². The summed E-state index contributed by atoms with van der Waals surface area (Å²) in [5.74, 6) is -0.287. The Bertz CT molecular complexity index is 581. The number of hydrogen-bond acceptors (Lipinski definition) is 2. The first-order chi connectivity index (χ1) is 8.70. The number of fused-ring (bicyclic) bond motifs is 1.